The molecule has 2 rings (SSSR count). The molecule has 1 aliphatic carbocycles. The molecule has 0 unspecified atom stereocenters. The van der Waals surface area contributed by atoms with E-state index in [0.717, 1.165) is 12.8 Å². The minimum Gasteiger partial charge on any atom is -0.454 e. The second-order valence-corrected chi connectivity index (χ2v) is 6.92. The van der Waals surface area contributed by atoms with Gasteiger partial charge in [-0.3, -0.25) is 14.4 Å². The number of ether oxygens (including phenoxy) is 1. The average Bonchev–Trinajstić information content (AvgIpc) is 3.45. The third-order valence-corrected chi connectivity index (χ3v) is 4.70. The van der Waals surface area contributed by atoms with Crippen LogP contribution in [0.1, 0.15) is 30.1 Å². The van der Waals surface area contributed by atoms with Crippen molar-refractivity contribution in [2.75, 3.05) is 13.2 Å². The SMILES string of the molecule is C[C@](C#N)(NC(=O)COC(=O)CNC(=O)c1ccc(Cl)c(Cl)c1)C1CC1. The summed E-state index contributed by atoms with van der Waals surface area (Å²) in [6.07, 6.45) is 1.76. The first-order chi connectivity index (χ1) is 12.2. The molecule has 0 heterocycles. The van der Waals surface area contributed by atoms with Crippen molar-refractivity contribution in [3.8, 4) is 6.07 Å². The number of rotatable bonds is 7. The van der Waals surface area contributed by atoms with E-state index < -0.39 is 36.5 Å². The first-order valence-corrected chi connectivity index (χ1v) is 8.62. The van der Waals surface area contributed by atoms with Crippen LogP contribution >= 0.6 is 23.2 Å². The molecule has 0 aromatic heterocycles. The smallest absolute Gasteiger partial charge is 0.325 e. The fourth-order valence-electron chi connectivity index (χ4n) is 2.30. The largest absolute Gasteiger partial charge is 0.454 e. The van der Waals surface area contributed by atoms with E-state index in [-0.39, 0.29) is 16.5 Å². The monoisotopic (exact) mass is 397 g/mol. The van der Waals surface area contributed by atoms with Gasteiger partial charge in [0, 0.05) is 5.56 Å². The van der Waals surface area contributed by atoms with Crippen molar-refractivity contribution >= 4 is 41.0 Å². The van der Waals surface area contributed by atoms with Crippen LogP contribution in [0.15, 0.2) is 18.2 Å². The van der Waals surface area contributed by atoms with Gasteiger partial charge in [-0.1, -0.05) is 23.2 Å². The van der Waals surface area contributed by atoms with Gasteiger partial charge in [-0.15, -0.1) is 0 Å². The summed E-state index contributed by atoms with van der Waals surface area (Å²) in [6.45, 7) is 0.706. The van der Waals surface area contributed by atoms with Gasteiger partial charge in [0.15, 0.2) is 6.61 Å². The maximum Gasteiger partial charge on any atom is 0.325 e. The van der Waals surface area contributed by atoms with Crippen molar-refractivity contribution in [1.29, 1.82) is 5.26 Å². The quantitative estimate of drug-likeness (QED) is 0.684. The Morgan fingerprint density at radius 2 is 2.00 bits per heavy atom. The number of nitriles is 1. The molecule has 1 aromatic carbocycles. The third-order valence-electron chi connectivity index (χ3n) is 3.96. The van der Waals surface area contributed by atoms with Crippen molar-refractivity contribution in [3.05, 3.63) is 33.8 Å². The highest BCUT2D eigenvalue weighted by atomic mass is 35.5. The molecule has 0 aliphatic heterocycles. The maximum absolute atomic E-state index is 11.9. The molecule has 1 aliphatic rings. The molecule has 0 bridgehead atoms. The summed E-state index contributed by atoms with van der Waals surface area (Å²) in [5.41, 5.74) is -0.717. The molecule has 26 heavy (non-hydrogen) atoms. The van der Waals surface area contributed by atoms with Crippen LogP contribution < -0.4 is 10.6 Å². The van der Waals surface area contributed by atoms with Crippen LogP contribution in [0.3, 0.4) is 0 Å². The minimum absolute atomic E-state index is 0.123. The molecule has 0 saturated heterocycles. The zero-order valence-corrected chi connectivity index (χ0v) is 15.5. The second-order valence-electron chi connectivity index (χ2n) is 6.11. The van der Waals surface area contributed by atoms with Gasteiger partial charge in [0.2, 0.25) is 0 Å². The van der Waals surface area contributed by atoms with E-state index in [1.165, 1.54) is 18.2 Å². The van der Waals surface area contributed by atoms with Crippen LogP contribution in [0.5, 0.6) is 0 Å². The highest BCUT2D eigenvalue weighted by Crippen LogP contribution is 2.39. The van der Waals surface area contributed by atoms with Gasteiger partial charge >= 0.3 is 5.97 Å². The topological polar surface area (TPSA) is 108 Å². The number of amides is 2. The van der Waals surface area contributed by atoms with Crippen molar-refractivity contribution in [2.24, 2.45) is 5.92 Å². The van der Waals surface area contributed by atoms with Crippen LogP contribution in [0.2, 0.25) is 10.0 Å². The lowest BCUT2D eigenvalue weighted by Crippen LogP contribution is -2.48. The molecule has 1 saturated carbocycles. The average molecular weight is 398 g/mol. The van der Waals surface area contributed by atoms with E-state index >= 15 is 0 Å². The summed E-state index contributed by atoms with van der Waals surface area (Å²) in [4.78, 5) is 35.4. The molecule has 0 radical (unpaired) electrons. The molecule has 1 aromatic rings. The molecule has 1 fully saturated rings. The fourth-order valence-corrected chi connectivity index (χ4v) is 2.59. The van der Waals surface area contributed by atoms with E-state index in [4.69, 9.17) is 27.9 Å². The standard InChI is InChI=1S/C17H17Cl2N3O4/c1-17(9-20,11-3-4-11)22-14(23)8-26-15(24)7-21-16(25)10-2-5-12(18)13(19)6-10/h2,5-6,11H,3-4,7-8H2,1H3,(H,21,25)(H,22,23)/t17-/m1/s1. The van der Waals surface area contributed by atoms with Crippen LogP contribution in [0, 0.1) is 17.2 Å². The Bertz CT molecular complexity index is 774. The third kappa shape index (κ3) is 5.35. The van der Waals surface area contributed by atoms with Crippen molar-refractivity contribution in [1.82, 2.24) is 10.6 Å². The number of carbonyl (C=O) groups is 3. The van der Waals surface area contributed by atoms with E-state index in [1.807, 2.05) is 0 Å². The van der Waals surface area contributed by atoms with E-state index in [0.29, 0.717) is 5.02 Å². The van der Waals surface area contributed by atoms with Crippen LogP contribution in [0.25, 0.3) is 0 Å². The van der Waals surface area contributed by atoms with Gasteiger partial charge in [0.1, 0.15) is 12.1 Å². The van der Waals surface area contributed by atoms with Gasteiger partial charge < -0.3 is 15.4 Å². The summed E-state index contributed by atoms with van der Waals surface area (Å²) < 4.78 is 4.80. The predicted octanol–water partition coefficient (Wildman–Crippen LogP) is 2.07. The zero-order chi connectivity index (χ0) is 19.3. The molecule has 9 heteroatoms. The Kier molecular flexibility index (Phi) is 6.46. The summed E-state index contributed by atoms with van der Waals surface area (Å²) in [5.74, 6) is -1.75. The lowest BCUT2D eigenvalue weighted by Gasteiger charge is -2.22. The zero-order valence-electron chi connectivity index (χ0n) is 14.0. The van der Waals surface area contributed by atoms with Crippen LogP contribution in [-0.2, 0) is 14.3 Å². The van der Waals surface area contributed by atoms with Crippen molar-refractivity contribution in [2.45, 2.75) is 25.3 Å². The number of hydrogen-bond donors (Lipinski definition) is 2. The summed E-state index contributed by atoms with van der Waals surface area (Å²) in [6, 6.07) is 6.38. The first kappa shape index (κ1) is 20.0. The number of hydrogen-bond acceptors (Lipinski definition) is 5. The van der Waals surface area contributed by atoms with Gasteiger partial charge in [-0.05, 0) is 43.9 Å². The number of esters is 1. The Morgan fingerprint density at radius 1 is 1.31 bits per heavy atom. The van der Waals surface area contributed by atoms with Gasteiger partial charge in [0.05, 0.1) is 16.1 Å². The molecule has 7 nitrogen and oxygen atoms in total. The lowest BCUT2D eigenvalue weighted by molar-refractivity contribution is -0.147. The first-order valence-electron chi connectivity index (χ1n) is 7.86. The summed E-state index contributed by atoms with van der Waals surface area (Å²) >= 11 is 11.6. The van der Waals surface area contributed by atoms with Crippen LogP contribution in [-0.4, -0.2) is 36.5 Å². The Morgan fingerprint density at radius 3 is 2.58 bits per heavy atom. The highest BCUT2D eigenvalue weighted by Gasteiger charge is 2.43. The van der Waals surface area contributed by atoms with E-state index in [2.05, 4.69) is 16.7 Å². The molecule has 138 valence electrons. The van der Waals surface area contributed by atoms with E-state index in [9.17, 15) is 19.6 Å². The Labute approximate surface area is 160 Å². The second kappa shape index (κ2) is 8.39. The molecule has 1 atom stereocenters. The molecular weight excluding hydrogens is 381 g/mol. The lowest BCUT2D eigenvalue weighted by atomic mass is 9.98. The molecular formula is C17H17Cl2N3O4. The number of carbonyl (C=O) groups excluding carboxylic acids is 3. The van der Waals surface area contributed by atoms with Crippen LogP contribution in [0.4, 0.5) is 0 Å². The van der Waals surface area contributed by atoms with Crippen molar-refractivity contribution < 1.29 is 19.1 Å². The summed E-state index contributed by atoms with van der Waals surface area (Å²) in [7, 11) is 0. The molecule has 2 N–H and O–H groups in total. The Balaban J connectivity index is 1.74. The van der Waals surface area contributed by atoms with Gasteiger partial charge in [-0.2, -0.15) is 5.26 Å². The maximum atomic E-state index is 11.9. The number of nitrogens with one attached hydrogen (secondary N) is 2. The summed E-state index contributed by atoms with van der Waals surface area (Å²) in [5, 5.41) is 14.6. The number of benzene rings is 1. The number of halogens is 2. The number of nitrogens with zero attached hydrogens (tertiary/aromatic N) is 1. The molecule has 2 amide bonds. The van der Waals surface area contributed by atoms with Gasteiger partial charge in [-0.25, -0.2) is 0 Å². The van der Waals surface area contributed by atoms with Crippen molar-refractivity contribution in [3.63, 3.8) is 0 Å². The highest BCUT2D eigenvalue weighted by molar-refractivity contribution is 6.42. The predicted molar refractivity (Wildman–Crippen MR) is 94.6 cm³/mol. The van der Waals surface area contributed by atoms with Gasteiger partial charge in [0.25, 0.3) is 11.8 Å². The Hall–Kier alpha value is -2.30. The normalized spacial score (nSPS) is 15.3. The minimum atomic E-state index is -0.953. The van der Waals surface area contributed by atoms with E-state index in [1.54, 1.807) is 6.92 Å². The fraction of sp³-hybridized carbons (Fsp3) is 0.412. The molecule has 0 spiro atoms.